The summed E-state index contributed by atoms with van der Waals surface area (Å²) in [4.78, 5) is 45.3. The fourth-order valence-electron chi connectivity index (χ4n) is 4.36. The SMILES string of the molecule is CC#CCn1c(N2CCCC(N)C2)nc2cnn(CC(=O)c3ccccc3OCC(=O)NCC)c(=O)c21. The van der Waals surface area contributed by atoms with Crippen LogP contribution >= 0.6 is 0 Å². The van der Waals surface area contributed by atoms with Gasteiger partial charge in [0, 0.05) is 25.7 Å². The number of aromatic nitrogens is 4. The van der Waals surface area contributed by atoms with E-state index in [4.69, 9.17) is 10.5 Å². The van der Waals surface area contributed by atoms with Crippen molar-refractivity contribution in [3.05, 3.63) is 46.4 Å². The predicted octanol–water partition coefficient (Wildman–Crippen LogP) is 0.942. The molecule has 0 saturated carbocycles. The summed E-state index contributed by atoms with van der Waals surface area (Å²) in [6.07, 6.45) is 3.36. The number of amides is 1. The molecular formula is C26H31N7O4. The minimum Gasteiger partial charge on any atom is -0.483 e. The molecule has 1 fully saturated rings. The number of nitrogens with one attached hydrogen (secondary N) is 1. The van der Waals surface area contributed by atoms with Crippen LogP contribution in [0.2, 0.25) is 0 Å². The molecule has 1 amide bonds. The number of carbonyl (C=O) groups is 2. The summed E-state index contributed by atoms with van der Waals surface area (Å²) in [5.41, 5.74) is 6.77. The van der Waals surface area contributed by atoms with E-state index in [1.807, 2.05) is 6.92 Å². The quantitative estimate of drug-likeness (QED) is 0.324. The largest absolute Gasteiger partial charge is 0.483 e. The Bertz CT molecular complexity index is 1420. The summed E-state index contributed by atoms with van der Waals surface area (Å²) in [5.74, 6) is 6.11. The van der Waals surface area contributed by atoms with Gasteiger partial charge in [0.2, 0.25) is 5.95 Å². The third-order valence-electron chi connectivity index (χ3n) is 6.10. The lowest BCUT2D eigenvalue weighted by molar-refractivity contribution is -0.123. The van der Waals surface area contributed by atoms with Crippen LogP contribution in [0, 0.1) is 11.8 Å². The summed E-state index contributed by atoms with van der Waals surface area (Å²) in [6, 6.07) is 6.64. The number of nitrogens with two attached hydrogens (primary N) is 1. The van der Waals surface area contributed by atoms with Crippen molar-refractivity contribution in [1.82, 2.24) is 24.6 Å². The van der Waals surface area contributed by atoms with Gasteiger partial charge in [0.05, 0.1) is 18.3 Å². The monoisotopic (exact) mass is 505 g/mol. The number of para-hydroxylation sites is 1. The van der Waals surface area contributed by atoms with Crippen molar-refractivity contribution in [2.75, 3.05) is 31.1 Å². The zero-order valence-corrected chi connectivity index (χ0v) is 21.1. The van der Waals surface area contributed by atoms with Crippen molar-refractivity contribution >= 4 is 28.7 Å². The molecule has 11 heteroatoms. The van der Waals surface area contributed by atoms with Crippen LogP contribution in [0.4, 0.5) is 5.95 Å². The first-order chi connectivity index (χ1) is 17.9. The highest BCUT2D eigenvalue weighted by atomic mass is 16.5. The first-order valence-electron chi connectivity index (χ1n) is 12.3. The van der Waals surface area contributed by atoms with Crippen LogP contribution in [-0.4, -0.2) is 63.3 Å². The molecule has 1 aromatic carbocycles. The van der Waals surface area contributed by atoms with E-state index in [1.54, 1.807) is 35.8 Å². The first-order valence-corrected chi connectivity index (χ1v) is 12.3. The number of imidazole rings is 1. The number of benzene rings is 1. The minimum atomic E-state index is -0.440. The molecule has 1 unspecified atom stereocenters. The number of hydrogen-bond donors (Lipinski definition) is 2. The topological polar surface area (TPSA) is 137 Å². The zero-order chi connectivity index (χ0) is 26.4. The highest BCUT2D eigenvalue weighted by Crippen LogP contribution is 2.23. The lowest BCUT2D eigenvalue weighted by Gasteiger charge is -2.31. The molecule has 1 saturated heterocycles. The number of fused-ring (bicyclic) bond motifs is 1. The van der Waals surface area contributed by atoms with Crippen molar-refractivity contribution in [3.63, 3.8) is 0 Å². The lowest BCUT2D eigenvalue weighted by Crippen LogP contribution is -2.44. The maximum absolute atomic E-state index is 13.5. The average Bonchev–Trinajstić information content (AvgIpc) is 3.27. The molecule has 1 atom stereocenters. The number of likely N-dealkylation sites (N-methyl/N-ethyl adjacent to an activating group) is 1. The van der Waals surface area contributed by atoms with Crippen LogP contribution < -0.4 is 26.2 Å². The van der Waals surface area contributed by atoms with E-state index < -0.39 is 5.56 Å². The number of ketones is 1. The standard InChI is InChI=1S/C26H31N7O4/c1-3-5-13-32-24-20(30-26(32)31-12-8-9-18(27)15-31)14-29-33(25(24)36)16-21(34)19-10-6-7-11-22(19)37-17-23(35)28-4-2/h6-7,10-11,14,18H,4,8-9,12-13,15-17,27H2,1-2H3,(H,28,35). The van der Waals surface area contributed by atoms with Gasteiger partial charge in [-0.3, -0.25) is 19.0 Å². The minimum absolute atomic E-state index is 0.0296. The van der Waals surface area contributed by atoms with Crippen molar-refractivity contribution in [2.24, 2.45) is 5.73 Å². The Morgan fingerprint density at radius 2 is 2.11 bits per heavy atom. The molecule has 2 aromatic heterocycles. The number of rotatable bonds is 9. The molecule has 4 rings (SSSR count). The Morgan fingerprint density at radius 3 is 2.86 bits per heavy atom. The van der Waals surface area contributed by atoms with Crippen molar-refractivity contribution in [3.8, 4) is 17.6 Å². The fourth-order valence-corrected chi connectivity index (χ4v) is 4.36. The van der Waals surface area contributed by atoms with E-state index in [0.717, 1.165) is 24.1 Å². The van der Waals surface area contributed by atoms with E-state index in [1.165, 1.54) is 6.20 Å². The van der Waals surface area contributed by atoms with Crippen LogP contribution in [0.5, 0.6) is 5.75 Å². The number of hydrogen-bond acceptors (Lipinski definition) is 8. The van der Waals surface area contributed by atoms with Crippen LogP contribution in [-0.2, 0) is 17.9 Å². The molecule has 3 aromatic rings. The molecule has 194 valence electrons. The van der Waals surface area contributed by atoms with Gasteiger partial charge in [0.25, 0.3) is 11.5 Å². The second-order valence-corrected chi connectivity index (χ2v) is 8.78. The predicted molar refractivity (Wildman–Crippen MR) is 140 cm³/mol. The highest BCUT2D eigenvalue weighted by Gasteiger charge is 2.25. The van der Waals surface area contributed by atoms with Gasteiger partial charge in [-0.15, -0.1) is 5.92 Å². The Kier molecular flexibility index (Phi) is 8.20. The summed E-state index contributed by atoms with van der Waals surface area (Å²) in [7, 11) is 0. The average molecular weight is 506 g/mol. The molecular weight excluding hydrogens is 474 g/mol. The van der Waals surface area contributed by atoms with Gasteiger partial charge in [0.1, 0.15) is 23.3 Å². The van der Waals surface area contributed by atoms with E-state index in [2.05, 4.69) is 32.1 Å². The summed E-state index contributed by atoms with van der Waals surface area (Å²) < 4.78 is 8.46. The molecule has 0 spiro atoms. The smallest absolute Gasteiger partial charge is 0.293 e. The van der Waals surface area contributed by atoms with Crippen LogP contribution in [0.3, 0.4) is 0 Å². The Labute approximate surface area is 214 Å². The molecule has 3 heterocycles. The van der Waals surface area contributed by atoms with E-state index in [-0.39, 0.29) is 48.7 Å². The van der Waals surface area contributed by atoms with Gasteiger partial charge in [0.15, 0.2) is 12.4 Å². The number of Topliss-reactive ketones (excluding diaryl/α,β-unsaturated/α-hetero) is 1. The number of nitrogens with zero attached hydrogens (tertiary/aromatic N) is 5. The molecule has 1 aliphatic rings. The lowest BCUT2D eigenvalue weighted by atomic mass is 10.1. The highest BCUT2D eigenvalue weighted by molar-refractivity contribution is 5.98. The Morgan fingerprint density at radius 1 is 1.30 bits per heavy atom. The van der Waals surface area contributed by atoms with Gasteiger partial charge in [-0.2, -0.15) is 5.10 Å². The number of piperidine rings is 1. The molecule has 37 heavy (non-hydrogen) atoms. The number of ether oxygens (including phenoxy) is 1. The van der Waals surface area contributed by atoms with Gasteiger partial charge in [-0.25, -0.2) is 9.67 Å². The second-order valence-electron chi connectivity index (χ2n) is 8.78. The summed E-state index contributed by atoms with van der Waals surface area (Å²) in [6.45, 7) is 5.19. The summed E-state index contributed by atoms with van der Waals surface area (Å²) in [5, 5.41) is 6.86. The zero-order valence-electron chi connectivity index (χ0n) is 21.1. The molecule has 3 N–H and O–H groups in total. The van der Waals surface area contributed by atoms with Crippen LogP contribution in [0.15, 0.2) is 35.3 Å². The Balaban J connectivity index is 1.65. The van der Waals surface area contributed by atoms with Crippen LogP contribution in [0.25, 0.3) is 11.0 Å². The molecule has 11 nitrogen and oxygen atoms in total. The third kappa shape index (κ3) is 5.81. The van der Waals surface area contributed by atoms with Crippen molar-refractivity contribution in [1.29, 1.82) is 0 Å². The molecule has 0 aliphatic carbocycles. The van der Waals surface area contributed by atoms with E-state index >= 15 is 0 Å². The number of carbonyl (C=O) groups excluding carboxylic acids is 2. The maximum Gasteiger partial charge on any atom is 0.293 e. The van der Waals surface area contributed by atoms with Crippen molar-refractivity contribution < 1.29 is 14.3 Å². The second kappa shape index (κ2) is 11.7. The molecule has 0 bridgehead atoms. The Hall–Kier alpha value is -4.17. The first kappa shape index (κ1) is 25.9. The maximum atomic E-state index is 13.5. The molecule has 0 radical (unpaired) electrons. The van der Waals surface area contributed by atoms with Gasteiger partial charge < -0.3 is 20.7 Å². The van der Waals surface area contributed by atoms with Crippen LogP contribution in [0.1, 0.15) is 37.0 Å². The number of anilines is 1. The van der Waals surface area contributed by atoms with Gasteiger partial charge in [-0.05, 0) is 38.8 Å². The fraction of sp³-hybridized carbons (Fsp3) is 0.423. The van der Waals surface area contributed by atoms with Crippen molar-refractivity contribution in [2.45, 2.75) is 45.8 Å². The van der Waals surface area contributed by atoms with Gasteiger partial charge in [-0.1, -0.05) is 18.1 Å². The molecule has 1 aliphatic heterocycles. The summed E-state index contributed by atoms with van der Waals surface area (Å²) >= 11 is 0. The van der Waals surface area contributed by atoms with E-state index in [0.29, 0.717) is 30.1 Å². The van der Waals surface area contributed by atoms with E-state index in [9.17, 15) is 14.4 Å². The van der Waals surface area contributed by atoms with Gasteiger partial charge >= 0.3 is 0 Å². The normalized spacial score (nSPS) is 15.2. The third-order valence-corrected chi connectivity index (χ3v) is 6.10.